The number of thiazole rings is 1. The Kier molecular flexibility index (Phi) is 4.86. The Morgan fingerprint density at radius 1 is 1.35 bits per heavy atom. The molecule has 0 radical (unpaired) electrons. The Labute approximate surface area is 158 Å². The van der Waals surface area contributed by atoms with Gasteiger partial charge in [0, 0.05) is 50.8 Å². The summed E-state index contributed by atoms with van der Waals surface area (Å²) in [6.45, 7) is 7.23. The summed E-state index contributed by atoms with van der Waals surface area (Å²) in [5.74, 6) is 0.125. The zero-order valence-electron chi connectivity index (χ0n) is 15.5. The fourth-order valence-electron chi connectivity index (χ4n) is 4.00. The smallest absolute Gasteiger partial charge is 0.270 e. The summed E-state index contributed by atoms with van der Waals surface area (Å²) in [5, 5.41) is 0. The van der Waals surface area contributed by atoms with Crippen LogP contribution in [0.25, 0.3) is 0 Å². The highest BCUT2D eigenvalue weighted by atomic mass is 32.1. The number of hydrogen-bond donors (Lipinski definition) is 0. The second-order valence-corrected chi connectivity index (χ2v) is 8.34. The van der Waals surface area contributed by atoms with Gasteiger partial charge in [-0.3, -0.25) is 9.69 Å². The third kappa shape index (κ3) is 3.43. The molecule has 2 aliphatic rings. The van der Waals surface area contributed by atoms with Crippen molar-refractivity contribution in [3.05, 3.63) is 40.1 Å². The first-order valence-corrected chi connectivity index (χ1v) is 10.1. The first kappa shape index (κ1) is 17.7. The third-order valence-corrected chi connectivity index (χ3v) is 6.58. The van der Waals surface area contributed by atoms with E-state index < -0.39 is 0 Å². The van der Waals surface area contributed by atoms with Crippen molar-refractivity contribution in [3.8, 4) is 0 Å². The van der Waals surface area contributed by atoms with Crippen molar-refractivity contribution in [2.24, 2.45) is 7.05 Å². The Bertz CT molecular complexity index is 776. The molecule has 0 saturated carbocycles. The van der Waals surface area contributed by atoms with Crippen LogP contribution in [0.1, 0.15) is 33.9 Å². The summed E-state index contributed by atoms with van der Waals surface area (Å²) < 4.78 is 8.12. The Hall–Kier alpha value is -1.70. The highest BCUT2D eigenvalue weighted by Gasteiger charge is 2.41. The average molecular weight is 375 g/mol. The van der Waals surface area contributed by atoms with Gasteiger partial charge in [0.15, 0.2) is 0 Å². The zero-order chi connectivity index (χ0) is 18.1. The molecule has 0 atom stereocenters. The van der Waals surface area contributed by atoms with Crippen LogP contribution < -0.4 is 0 Å². The van der Waals surface area contributed by atoms with Gasteiger partial charge in [0.1, 0.15) is 5.69 Å². The fourth-order valence-corrected chi connectivity index (χ4v) is 4.82. The van der Waals surface area contributed by atoms with E-state index in [0.717, 1.165) is 63.6 Å². The molecule has 6 nitrogen and oxygen atoms in total. The minimum Gasteiger partial charge on any atom is -0.372 e. The molecule has 1 spiro atoms. The van der Waals surface area contributed by atoms with Crippen molar-refractivity contribution in [2.45, 2.75) is 31.9 Å². The van der Waals surface area contributed by atoms with Crippen LogP contribution in [-0.2, 0) is 18.3 Å². The lowest BCUT2D eigenvalue weighted by atomic mass is 9.89. The second-order valence-electron chi connectivity index (χ2n) is 7.40. The van der Waals surface area contributed by atoms with Crippen LogP contribution in [-0.4, -0.2) is 63.6 Å². The van der Waals surface area contributed by atoms with Crippen molar-refractivity contribution in [2.75, 3.05) is 32.8 Å². The maximum absolute atomic E-state index is 12.7. The molecule has 0 aromatic carbocycles. The Morgan fingerprint density at radius 2 is 2.15 bits per heavy atom. The average Bonchev–Trinajstić information content (AvgIpc) is 3.24. The van der Waals surface area contributed by atoms with Gasteiger partial charge in [-0.05, 0) is 31.9 Å². The van der Waals surface area contributed by atoms with Crippen molar-refractivity contribution in [1.29, 1.82) is 0 Å². The van der Waals surface area contributed by atoms with E-state index >= 15 is 0 Å². The largest absolute Gasteiger partial charge is 0.372 e. The lowest BCUT2D eigenvalue weighted by Crippen LogP contribution is -2.57. The number of hydrogen-bond acceptors (Lipinski definition) is 5. The lowest BCUT2D eigenvalue weighted by Gasteiger charge is -2.47. The van der Waals surface area contributed by atoms with Crippen LogP contribution >= 0.6 is 11.3 Å². The lowest BCUT2D eigenvalue weighted by molar-refractivity contribution is -0.134. The molecule has 0 unspecified atom stereocenters. The van der Waals surface area contributed by atoms with Gasteiger partial charge in [0.25, 0.3) is 5.91 Å². The SMILES string of the molecule is Cc1ncsc1CN1CCOC2(CCN(C(=O)c3cccn3C)CC2)C1. The maximum Gasteiger partial charge on any atom is 0.270 e. The molecule has 0 bridgehead atoms. The molecule has 0 N–H and O–H groups in total. The molecule has 140 valence electrons. The summed E-state index contributed by atoms with van der Waals surface area (Å²) in [6, 6.07) is 3.81. The highest BCUT2D eigenvalue weighted by Crippen LogP contribution is 2.31. The number of likely N-dealkylation sites (tertiary alicyclic amines) is 1. The summed E-state index contributed by atoms with van der Waals surface area (Å²) >= 11 is 1.73. The molecular weight excluding hydrogens is 348 g/mol. The summed E-state index contributed by atoms with van der Waals surface area (Å²) in [7, 11) is 1.92. The molecule has 2 aliphatic heterocycles. The predicted octanol–water partition coefficient (Wildman–Crippen LogP) is 2.30. The molecule has 7 heteroatoms. The highest BCUT2D eigenvalue weighted by molar-refractivity contribution is 7.09. The molecular formula is C19H26N4O2S. The monoisotopic (exact) mass is 374 g/mol. The van der Waals surface area contributed by atoms with E-state index in [1.807, 2.05) is 40.4 Å². The van der Waals surface area contributed by atoms with Gasteiger partial charge in [0.2, 0.25) is 0 Å². The zero-order valence-corrected chi connectivity index (χ0v) is 16.3. The molecule has 2 aromatic heterocycles. The van der Waals surface area contributed by atoms with Gasteiger partial charge in [-0.25, -0.2) is 4.98 Å². The van der Waals surface area contributed by atoms with Crippen LogP contribution in [0.15, 0.2) is 23.8 Å². The van der Waals surface area contributed by atoms with Gasteiger partial charge in [-0.2, -0.15) is 0 Å². The van der Waals surface area contributed by atoms with E-state index in [4.69, 9.17) is 4.74 Å². The quantitative estimate of drug-likeness (QED) is 0.827. The van der Waals surface area contributed by atoms with Gasteiger partial charge >= 0.3 is 0 Å². The molecule has 2 fully saturated rings. The number of nitrogens with zero attached hydrogens (tertiary/aromatic N) is 4. The second kappa shape index (κ2) is 7.13. The molecule has 2 saturated heterocycles. The van der Waals surface area contributed by atoms with Crippen LogP contribution in [0.2, 0.25) is 0 Å². The van der Waals surface area contributed by atoms with Gasteiger partial charge in [-0.15, -0.1) is 11.3 Å². The Balaban J connectivity index is 1.37. The summed E-state index contributed by atoms with van der Waals surface area (Å²) in [4.78, 5) is 22.9. The number of morpholine rings is 1. The topological polar surface area (TPSA) is 50.6 Å². The third-order valence-electron chi connectivity index (χ3n) is 5.66. The number of aromatic nitrogens is 2. The standard InChI is InChI=1S/C19H26N4O2S/c1-15-17(26-14-20-15)12-22-10-11-25-19(13-22)5-8-23(9-6-19)18(24)16-4-3-7-21(16)2/h3-4,7,14H,5-6,8-13H2,1-2H3. The minimum atomic E-state index is -0.109. The number of carbonyl (C=O) groups excluding carboxylic acids is 1. The normalized spacial score (nSPS) is 20.6. The van der Waals surface area contributed by atoms with Crippen molar-refractivity contribution >= 4 is 17.2 Å². The van der Waals surface area contributed by atoms with E-state index in [2.05, 4.69) is 16.8 Å². The number of ether oxygens (including phenoxy) is 1. The van der Waals surface area contributed by atoms with E-state index in [-0.39, 0.29) is 11.5 Å². The summed E-state index contributed by atoms with van der Waals surface area (Å²) in [5.41, 5.74) is 3.71. The fraction of sp³-hybridized carbons (Fsp3) is 0.579. The van der Waals surface area contributed by atoms with Gasteiger partial charge in [0.05, 0.1) is 23.4 Å². The molecule has 4 rings (SSSR count). The number of amides is 1. The molecule has 4 heterocycles. The molecule has 2 aromatic rings. The number of rotatable bonds is 3. The van der Waals surface area contributed by atoms with Crippen LogP contribution in [0.3, 0.4) is 0 Å². The van der Waals surface area contributed by atoms with Crippen molar-refractivity contribution < 1.29 is 9.53 Å². The first-order chi connectivity index (χ1) is 12.6. The maximum atomic E-state index is 12.7. The molecule has 0 aliphatic carbocycles. The van der Waals surface area contributed by atoms with Gasteiger partial charge < -0.3 is 14.2 Å². The number of carbonyl (C=O) groups is 1. The summed E-state index contributed by atoms with van der Waals surface area (Å²) in [6.07, 6.45) is 3.73. The first-order valence-electron chi connectivity index (χ1n) is 9.22. The molecule has 26 heavy (non-hydrogen) atoms. The van der Waals surface area contributed by atoms with Crippen LogP contribution in [0, 0.1) is 6.92 Å². The van der Waals surface area contributed by atoms with E-state index in [1.165, 1.54) is 4.88 Å². The van der Waals surface area contributed by atoms with Crippen LogP contribution in [0.4, 0.5) is 0 Å². The van der Waals surface area contributed by atoms with E-state index in [9.17, 15) is 4.79 Å². The van der Waals surface area contributed by atoms with Crippen molar-refractivity contribution in [1.82, 2.24) is 19.4 Å². The predicted molar refractivity (Wildman–Crippen MR) is 101 cm³/mol. The van der Waals surface area contributed by atoms with E-state index in [1.54, 1.807) is 11.3 Å². The Morgan fingerprint density at radius 3 is 2.81 bits per heavy atom. The number of aryl methyl sites for hydroxylation is 2. The number of piperidine rings is 1. The minimum absolute atomic E-state index is 0.109. The van der Waals surface area contributed by atoms with Gasteiger partial charge in [-0.1, -0.05) is 0 Å². The van der Waals surface area contributed by atoms with Crippen molar-refractivity contribution in [3.63, 3.8) is 0 Å². The van der Waals surface area contributed by atoms with Crippen LogP contribution in [0.5, 0.6) is 0 Å². The van der Waals surface area contributed by atoms with E-state index in [0.29, 0.717) is 0 Å². The molecule has 1 amide bonds.